The van der Waals surface area contributed by atoms with Crippen molar-refractivity contribution in [1.82, 2.24) is 4.98 Å². The number of aromatic nitrogens is 1. The lowest BCUT2D eigenvalue weighted by atomic mass is 10.2. The average Bonchev–Trinajstić information content (AvgIpc) is 3.08. The highest BCUT2D eigenvalue weighted by Gasteiger charge is 2.16. The van der Waals surface area contributed by atoms with Gasteiger partial charge in [-0.2, -0.15) is 0 Å². The summed E-state index contributed by atoms with van der Waals surface area (Å²) in [5.74, 6) is -0.727. The van der Waals surface area contributed by atoms with E-state index in [1.54, 1.807) is 24.3 Å². The molecule has 1 aliphatic rings. The summed E-state index contributed by atoms with van der Waals surface area (Å²) in [5, 5.41) is 5.72. The van der Waals surface area contributed by atoms with E-state index in [0.717, 1.165) is 25.1 Å². The summed E-state index contributed by atoms with van der Waals surface area (Å²) in [7, 11) is 0. The van der Waals surface area contributed by atoms with E-state index in [-0.39, 0.29) is 12.0 Å². The Hall–Kier alpha value is -2.47. The van der Waals surface area contributed by atoms with Crippen molar-refractivity contribution in [2.24, 2.45) is 0 Å². The summed E-state index contributed by atoms with van der Waals surface area (Å²) in [6.07, 6.45) is 3.68. The molecule has 1 amide bonds. The van der Waals surface area contributed by atoms with Crippen LogP contribution in [0.3, 0.4) is 0 Å². The minimum atomic E-state index is -0.409. The second kappa shape index (κ2) is 7.40. The van der Waals surface area contributed by atoms with Gasteiger partial charge in [0.1, 0.15) is 5.82 Å². The fraction of sp³-hybridized carbons (Fsp3) is 0.333. The summed E-state index contributed by atoms with van der Waals surface area (Å²) < 4.78 is 19.7. The molecule has 5 nitrogen and oxygen atoms in total. The number of hydrogen-bond acceptors (Lipinski definition) is 4. The number of halogens is 1. The molecule has 0 bridgehead atoms. The zero-order chi connectivity index (χ0) is 16.9. The molecule has 126 valence electrons. The van der Waals surface area contributed by atoms with E-state index in [4.69, 9.17) is 4.74 Å². The van der Waals surface area contributed by atoms with E-state index in [9.17, 15) is 9.18 Å². The van der Waals surface area contributed by atoms with Crippen LogP contribution in [0.2, 0.25) is 0 Å². The van der Waals surface area contributed by atoms with Crippen molar-refractivity contribution in [3.63, 3.8) is 0 Å². The Morgan fingerprint density at radius 2 is 2.25 bits per heavy atom. The average molecular weight is 329 g/mol. The van der Waals surface area contributed by atoms with E-state index in [0.29, 0.717) is 23.5 Å². The first-order valence-corrected chi connectivity index (χ1v) is 8.01. The minimum Gasteiger partial charge on any atom is -0.380 e. The van der Waals surface area contributed by atoms with Crippen molar-refractivity contribution in [3.05, 3.63) is 53.6 Å². The smallest absolute Gasteiger partial charge is 0.257 e. The lowest BCUT2D eigenvalue weighted by Gasteiger charge is -2.13. The van der Waals surface area contributed by atoms with E-state index in [1.165, 1.54) is 12.3 Å². The second-order valence-electron chi connectivity index (χ2n) is 5.85. The first kappa shape index (κ1) is 16.4. The number of rotatable bonds is 5. The van der Waals surface area contributed by atoms with Gasteiger partial charge in [-0.15, -0.1) is 0 Å². The monoisotopic (exact) mass is 329 g/mol. The van der Waals surface area contributed by atoms with Crippen molar-refractivity contribution in [2.45, 2.75) is 25.9 Å². The maximum absolute atomic E-state index is 14.2. The van der Waals surface area contributed by atoms with Crippen molar-refractivity contribution in [2.75, 3.05) is 23.8 Å². The Labute approximate surface area is 140 Å². The number of nitrogens with zero attached hydrogens (tertiary/aromatic N) is 1. The molecule has 2 heterocycles. The zero-order valence-corrected chi connectivity index (χ0v) is 13.5. The van der Waals surface area contributed by atoms with Crippen LogP contribution < -0.4 is 10.6 Å². The number of hydrogen-bond donors (Lipinski definition) is 2. The van der Waals surface area contributed by atoms with Crippen LogP contribution in [0.5, 0.6) is 0 Å². The van der Waals surface area contributed by atoms with Gasteiger partial charge in [0.25, 0.3) is 5.91 Å². The van der Waals surface area contributed by atoms with Gasteiger partial charge in [-0.3, -0.25) is 9.78 Å². The van der Waals surface area contributed by atoms with Crippen molar-refractivity contribution in [3.8, 4) is 0 Å². The molecule has 3 rings (SSSR count). The molecule has 1 aliphatic heterocycles. The lowest BCUT2D eigenvalue weighted by molar-refractivity contribution is 0.102. The molecule has 0 spiro atoms. The summed E-state index contributed by atoms with van der Waals surface area (Å²) in [4.78, 5) is 16.2. The van der Waals surface area contributed by atoms with E-state index in [2.05, 4.69) is 15.6 Å². The number of ether oxygens (including phenoxy) is 1. The van der Waals surface area contributed by atoms with Gasteiger partial charge in [0.15, 0.2) is 0 Å². The minimum absolute atomic E-state index is 0.137. The third-order valence-electron chi connectivity index (χ3n) is 3.94. The molecule has 6 heteroatoms. The summed E-state index contributed by atoms with van der Waals surface area (Å²) >= 11 is 0. The van der Waals surface area contributed by atoms with Crippen molar-refractivity contribution >= 4 is 17.3 Å². The quantitative estimate of drug-likeness (QED) is 0.883. The molecular weight excluding hydrogens is 309 g/mol. The SMILES string of the molecule is Cc1ccc(C(=O)Nc2ccc(NC[C@@H]3CCCO3)c(F)c2)cn1. The second-order valence-corrected chi connectivity index (χ2v) is 5.85. The zero-order valence-electron chi connectivity index (χ0n) is 13.5. The lowest BCUT2D eigenvalue weighted by Crippen LogP contribution is -2.19. The summed E-state index contributed by atoms with van der Waals surface area (Å²) in [6, 6.07) is 8.03. The first-order valence-electron chi connectivity index (χ1n) is 8.01. The summed E-state index contributed by atoms with van der Waals surface area (Å²) in [5.41, 5.74) is 2.07. The van der Waals surface area contributed by atoms with Gasteiger partial charge in [-0.1, -0.05) is 0 Å². The summed E-state index contributed by atoms with van der Waals surface area (Å²) in [6.45, 7) is 3.20. The predicted molar refractivity (Wildman–Crippen MR) is 90.8 cm³/mol. The van der Waals surface area contributed by atoms with Crippen LogP contribution in [-0.2, 0) is 4.74 Å². The number of nitrogens with one attached hydrogen (secondary N) is 2. The molecule has 0 radical (unpaired) electrons. The van der Waals surface area contributed by atoms with E-state index in [1.807, 2.05) is 6.92 Å². The third kappa shape index (κ3) is 4.08. The van der Waals surface area contributed by atoms with Gasteiger partial charge in [0, 0.05) is 30.7 Å². The highest BCUT2D eigenvalue weighted by molar-refractivity contribution is 6.04. The molecule has 0 saturated carbocycles. The van der Waals surface area contributed by atoms with Gasteiger partial charge >= 0.3 is 0 Å². The van der Waals surface area contributed by atoms with Crippen LogP contribution in [0.15, 0.2) is 36.5 Å². The fourth-order valence-corrected chi connectivity index (χ4v) is 2.57. The van der Waals surface area contributed by atoms with Crippen LogP contribution in [0.25, 0.3) is 0 Å². The van der Waals surface area contributed by atoms with Crippen molar-refractivity contribution in [1.29, 1.82) is 0 Å². The van der Waals surface area contributed by atoms with Gasteiger partial charge in [-0.05, 0) is 50.1 Å². The number of anilines is 2. The number of carbonyl (C=O) groups excluding carboxylic acids is 1. The molecule has 1 aromatic heterocycles. The Kier molecular flexibility index (Phi) is 5.05. The maximum Gasteiger partial charge on any atom is 0.257 e. The standard InChI is InChI=1S/C18H20FN3O2/c1-12-4-5-13(10-20-12)18(23)22-14-6-7-17(16(19)9-14)21-11-15-3-2-8-24-15/h4-7,9-10,15,21H,2-3,8,11H2,1H3,(H,22,23)/t15-/m0/s1. The highest BCUT2D eigenvalue weighted by Crippen LogP contribution is 2.21. The molecular formula is C18H20FN3O2. The van der Waals surface area contributed by atoms with E-state index < -0.39 is 5.82 Å². The van der Waals surface area contributed by atoms with Crippen molar-refractivity contribution < 1.29 is 13.9 Å². The van der Waals surface area contributed by atoms with Crippen LogP contribution in [0, 0.1) is 12.7 Å². The number of amides is 1. The number of pyridine rings is 1. The normalized spacial score (nSPS) is 16.8. The molecule has 0 aliphatic carbocycles. The molecule has 24 heavy (non-hydrogen) atoms. The largest absolute Gasteiger partial charge is 0.380 e. The highest BCUT2D eigenvalue weighted by atomic mass is 19.1. The Morgan fingerprint density at radius 1 is 1.38 bits per heavy atom. The molecule has 1 atom stereocenters. The topological polar surface area (TPSA) is 63.2 Å². The van der Waals surface area contributed by atoms with Crippen LogP contribution >= 0.6 is 0 Å². The van der Waals surface area contributed by atoms with E-state index >= 15 is 0 Å². The number of carbonyl (C=O) groups is 1. The Morgan fingerprint density at radius 3 is 2.92 bits per heavy atom. The van der Waals surface area contributed by atoms with Gasteiger partial charge in [0.2, 0.25) is 0 Å². The fourth-order valence-electron chi connectivity index (χ4n) is 2.57. The third-order valence-corrected chi connectivity index (χ3v) is 3.94. The Balaban J connectivity index is 1.61. The maximum atomic E-state index is 14.2. The van der Waals surface area contributed by atoms with Crippen LogP contribution in [0.4, 0.5) is 15.8 Å². The molecule has 2 N–H and O–H groups in total. The first-order chi connectivity index (χ1) is 11.6. The molecule has 1 aromatic carbocycles. The molecule has 2 aromatic rings. The number of benzene rings is 1. The molecule has 1 fully saturated rings. The van der Waals surface area contributed by atoms with Gasteiger partial charge in [0.05, 0.1) is 17.4 Å². The van der Waals surface area contributed by atoms with Crippen LogP contribution in [-0.4, -0.2) is 30.1 Å². The number of aryl methyl sites for hydroxylation is 1. The van der Waals surface area contributed by atoms with Crippen LogP contribution in [0.1, 0.15) is 28.9 Å². The molecule has 1 saturated heterocycles. The van der Waals surface area contributed by atoms with Gasteiger partial charge < -0.3 is 15.4 Å². The molecule has 0 unspecified atom stereocenters. The predicted octanol–water partition coefficient (Wildman–Crippen LogP) is 3.37. The van der Waals surface area contributed by atoms with Gasteiger partial charge in [-0.25, -0.2) is 4.39 Å². The Bertz CT molecular complexity index is 713.